The molecular weight excluding hydrogens is 222 g/mol. The standard InChI is InChI=1S/C11H17N3O3/c1-10(2,9(16)17)11(3,4)14-8(15)7-5-12-13-6-7/h5-6H,1-4H3,(H,12,13)(H,14,15)(H,16,17). The molecule has 1 amide bonds. The summed E-state index contributed by atoms with van der Waals surface area (Å²) in [6.45, 7) is 6.51. The second-order valence-electron chi connectivity index (χ2n) is 5.00. The summed E-state index contributed by atoms with van der Waals surface area (Å²) in [5, 5.41) is 18.1. The van der Waals surface area contributed by atoms with Crippen LogP contribution in [0, 0.1) is 5.41 Å². The second-order valence-corrected chi connectivity index (χ2v) is 5.00. The summed E-state index contributed by atoms with van der Waals surface area (Å²) in [7, 11) is 0. The van der Waals surface area contributed by atoms with E-state index in [0.29, 0.717) is 5.56 Å². The molecule has 17 heavy (non-hydrogen) atoms. The Kier molecular flexibility index (Phi) is 3.26. The number of rotatable bonds is 4. The maximum absolute atomic E-state index is 11.8. The van der Waals surface area contributed by atoms with Crippen molar-refractivity contribution in [1.82, 2.24) is 15.5 Å². The van der Waals surface area contributed by atoms with Crippen molar-refractivity contribution in [2.24, 2.45) is 5.41 Å². The van der Waals surface area contributed by atoms with E-state index in [0.717, 1.165) is 0 Å². The van der Waals surface area contributed by atoms with E-state index in [1.807, 2.05) is 0 Å². The molecule has 0 fully saturated rings. The Morgan fingerprint density at radius 1 is 1.35 bits per heavy atom. The summed E-state index contributed by atoms with van der Waals surface area (Å²) >= 11 is 0. The SMILES string of the molecule is CC(C)(NC(=O)c1cn[nH]c1)C(C)(C)C(=O)O. The lowest BCUT2D eigenvalue weighted by atomic mass is 9.74. The zero-order chi connectivity index (χ0) is 13.3. The predicted molar refractivity (Wildman–Crippen MR) is 61.5 cm³/mol. The van der Waals surface area contributed by atoms with Crippen LogP contribution >= 0.6 is 0 Å². The molecule has 3 N–H and O–H groups in total. The van der Waals surface area contributed by atoms with Gasteiger partial charge in [0.2, 0.25) is 0 Å². The first-order valence-electron chi connectivity index (χ1n) is 5.23. The molecule has 0 aliphatic carbocycles. The topological polar surface area (TPSA) is 95.1 Å². The number of H-pyrrole nitrogens is 1. The summed E-state index contributed by atoms with van der Waals surface area (Å²) in [5.41, 5.74) is -1.58. The van der Waals surface area contributed by atoms with Gasteiger partial charge >= 0.3 is 5.97 Å². The Morgan fingerprint density at radius 3 is 2.35 bits per heavy atom. The third-order valence-corrected chi connectivity index (χ3v) is 3.28. The summed E-state index contributed by atoms with van der Waals surface area (Å²) in [4.78, 5) is 23.0. The monoisotopic (exact) mass is 239 g/mol. The van der Waals surface area contributed by atoms with E-state index in [9.17, 15) is 9.59 Å². The molecule has 0 bridgehead atoms. The zero-order valence-electron chi connectivity index (χ0n) is 10.4. The lowest BCUT2D eigenvalue weighted by Crippen LogP contribution is -2.56. The van der Waals surface area contributed by atoms with Crippen molar-refractivity contribution in [2.75, 3.05) is 0 Å². The lowest BCUT2D eigenvalue weighted by Gasteiger charge is -2.38. The van der Waals surface area contributed by atoms with Crippen LogP contribution < -0.4 is 5.32 Å². The maximum atomic E-state index is 11.8. The molecule has 6 nitrogen and oxygen atoms in total. The van der Waals surface area contributed by atoms with Crippen LogP contribution in [0.4, 0.5) is 0 Å². The van der Waals surface area contributed by atoms with E-state index < -0.39 is 16.9 Å². The van der Waals surface area contributed by atoms with Crippen molar-refractivity contribution in [2.45, 2.75) is 33.2 Å². The number of hydrogen-bond acceptors (Lipinski definition) is 3. The number of nitrogens with zero attached hydrogens (tertiary/aromatic N) is 1. The van der Waals surface area contributed by atoms with Gasteiger partial charge in [-0.05, 0) is 27.7 Å². The fourth-order valence-corrected chi connectivity index (χ4v) is 1.15. The number of carbonyl (C=O) groups excluding carboxylic acids is 1. The predicted octanol–water partition coefficient (Wildman–Crippen LogP) is 1.03. The fraction of sp³-hybridized carbons (Fsp3) is 0.545. The van der Waals surface area contributed by atoms with Crippen LogP contribution in [0.25, 0.3) is 0 Å². The first-order chi connectivity index (χ1) is 7.68. The quantitative estimate of drug-likeness (QED) is 0.731. The number of carboxylic acids is 1. The molecule has 1 aromatic heterocycles. The first-order valence-corrected chi connectivity index (χ1v) is 5.23. The minimum Gasteiger partial charge on any atom is -0.481 e. The molecule has 0 atom stereocenters. The molecule has 0 aromatic carbocycles. The highest BCUT2D eigenvalue weighted by molar-refractivity contribution is 5.94. The Morgan fingerprint density at radius 2 is 1.94 bits per heavy atom. The van der Waals surface area contributed by atoms with Gasteiger partial charge in [-0.25, -0.2) is 0 Å². The average Bonchev–Trinajstić information content (AvgIpc) is 2.68. The molecule has 0 saturated heterocycles. The Hall–Kier alpha value is -1.85. The number of amides is 1. The third kappa shape index (κ3) is 2.46. The lowest BCUT2D eigenvalue weighted by molar-refractivity contribution is -0.150. The van der Waals surface area contributed by atoms with Gasteiger partial charge in [0.1, 0.15) is 0 Å². The normalized spacial score (nSPS) is 12.2. The average molecular weight is 239 g/mol. The number of aromatic nitrogens is 2. The van der Waals surface area contributed by atoms with Crippen LogP contribution in [0.15, 0.2) is 12.4 Å². The Bertz CT molecular complexity index is 421. The summed E-state index contributed by atoms with van der Waals surface area (Å²) < 4.78 is 0. The van der Waals surface area contributed by atoms with Gasteiger partial charge in [0.15, 0.2) is 0 Å². The number of nitrogens with one attached hydrogen (secondary N) is 2. The molecule has 6 heteroatoms. The van der Waals surface area contributed by atoms with Crippen molar-refractivity contribution < 1.29 is 14.7 Å². The van der Waals surface area contributed by atoms with Crippen molar-refractivity contribution in [3.8, 4) is 0 Å². The van der Waals surface area contributed by atoms with Crippen LogP contribution in [0.2, 0.25) is 0 Å². The van der Waals surface area contributed by atoms with Gasteiger partial charge in [0.25, 0.3) is 5.91 Å². The molecule has 0 spiro atoms. The number of aromatic amines is 1. The molecule has 0 aliphatic heterocycles. The smallest absolute Gasteiger partial charge is 0.311 e. The molecule has 1 rings (SSSR count). The maximum Gasteiger partial charge on any atom is 0.311 e. The number of aliphatic carboxylic acids is 1. The first kappa shape index (κ1) is 13.2. The summed E-state index contributed by atoms with van der Waals surface area (Å²) in [6.07, 6.45) is 2.85. The van der Waals surface area contributed by atoms with Gasteiger partial charge in [0.05, 0.1) is 22.7 Å². The summed E-state index contributed by atoms with van der Waals surface area (Å²) in [5.74, 6) is -1.31. The highest BCUT2D eigenvalue weighted by Crippen LogP contribution is 2.30. The van der Waals surface area contributed by atoms with Crippen molar-refractivity contribution in [3.63, 3.8) is 0 Å². The molecule has 0 saturated carbocycles. The van der Waals surface area contributed by atoms with E-state index in [4.69, 9.17) is 5.11 Å². The molecule has 1 heterocycles. The van der Waals surface area contributed by atoms with E-state index >= 15 is 0 Å². The molecule has 0 unspecified atom stereocenters. The highest BCUT2D eigenvalue weighted by Gasteiger charge is 2.44. The second kappa shape index (κ2) is 4.20. The number of carbonyl (C=O) groups is 2. The molecule has 1 aromatic rings. The molecule has 94 valence electrons. The van der Waals surface area contributed by atoms with Crippen molar-refractivity contribution >= 4 is 11.9 Å². The molecular formula is C11H17N3O3. The van der Waals surface area contributed by atoms with Crippen LogP contribution in [-0.2, 0) is 4.79 Å². The van der Waals surface area contributed by atoms with E-state index in [1.165, 1.54) is 12.4 Å². The van der Waals surface area contributed by atoms with Crippen LogP contribution in [0.1, 0.15) is 38.1 Å². The van der Waals surface area contributed by atoms with Gasteiger partial charge < -0.3 is 10.4 Å². The molecule has 0 aliphatic rings. The number of carboxylic acid groups (broad SMARTS) is 1. The van der Waals surface area contributed by atoms with E-state index in [1.54, 1.807) is 27.7 Å². The summed E-state index contributed by atoms with van der Waals surface area (Å²) in [6, 6.07) is 0. The number of hydrogen-bond donors (Lipinski definition) is 3. The van der Waals surface area contributed by atoms with Gasteiger partial charge in [-0.2, -0.15) is 5.10 Å². The Labute approximate surface area is 99.4 Å². The van der Waals surface area contributed by atoms with Gasteiger partial charge in [-0.1, -0.05) is 0 Å². The zero-order valence-corrected chi connectivity index (χ0v) is 10.4. The van der Waals surface area contributed by atoms with Crippen molar-refractivity contribution in [3.05, 3.63) is 18.0 Å². The Balaban J connectivity index is 2.87. The van der Waals surface area contributed by atoms with E-state index in [2.05, 4.69) is 15.5 Å². The largest absolute Gasteiger partial charge is 0.481 e. The fourth-order valence-electron chi connectivity index (χ4n) is 1.15. The van der Waals surface area contributed by atoms with E-state index in [-0.39, 0.29) is 5.91 Å². The minimum atomic E-state index is -1.08. The van der Waals surface area contributed by atoms with Crippen LogP contribution in [0.5, 0.6) is 0 Å². The molecule has 0 radical (unpaired) electrons. The third-order valence-electron chi connectivity index (χ3n) is 3.28. The van der Waals surface area contributed by atoms with Crippen LogP contribution in [-0.4, -0.2) is 32.7 Å². The van der Waals surface area contributed by atoms with Gasteiger partial charge in [-0.15, -0.1) is 0 Å². The van der Waals surface area contributed by atoms with Crippen molar-refractivity contribution in [1.29, 1.82) is 0 Å². The van der Waals surface area contributed by atoms with Gasteiger partial charge in [-0.3, -0.25) is 14.7 Å². The minimum absolute atomic E-state index is 0.349. The highest BCUT2D eigenvalue weighted by atomic mass is 16.4. The van der Waals surface area contributed by atoms with Crippen LogP contribution in [0.3, 0.4) is 0 Å². The van der Waals surface area contributed by atoms with Gasteiger partial charge in [0, 0.05) is 6.20 Å².